The highest BCUT2D eigenvalue weighted by atomic mass is 16.3. The van der Waals surface area contributed by atoms with E-state index < -0.39 is 0 Å². The van der Waals surface area contributed by atoms with Crippen LogP contribution in [0.3, 0.4) is 0 Å². The second kappa shape index (κ2) is 13.1. The van der Waals surface area contributed by atoms with Gasteiger partial charge in [0.2, 0.25) is 0 Å². The minimum absolute atomic E-state index is 0.0659. The lowest BCUT2D eigenvalue weighted by atomic mass is 9.79. The van der Waals surface area contributed by atoms with Gasteiger partial charge in [0.05, 0.1) is 0 Å². The molecule has 0 saturated heterocycles. The van der Waals surface area contributed by atoms with Crippen LogP contribution in [0.25, 0.3) is 55.8 Å². The summed E-state index contributed by atoms with van der Waals surface area (Å²) in [6, 6.07) is 44.9. The zero-order valence-electron chi connectivity index (χ0n) is 30.9. The summed E-state index contributed by atoms with van der Waals surface area (Å²) in [7, 11) is 0. The van der Waals surface area contributed by atoms with Crippen LogP contribution in [0.4, 0.5) is 17.2 Å². The summed E-state index contributed by atoms with van der Waals surface area (Å²) in [5.74, 6) is 1.42. The Hall–Kier alpha value is -6.27. The predicted octanol–water partition coefficient (Wildman–Crippen LogP) is 12.5. The molecule has 6 nitrogen and oxygen atoms in total. The maximum atomic E-state index is 11.1. The van der Waals surface area contributed by atoms with Crippen molar-refractivity contribution in [2.24, 2.45) is 0 Å². The van der Waals surface area contributed by atoms with Gasteiger partial charge in [0.25, 0.3) is 0 Å². The van der Waals surface area contributed by atoms with E-state index in [4.69, 9.17) is 19.4 Å². The molecule has 8 aromatic rings. The van der Waals surface area contributed by atoms with Crippen LogP contribution in [-0.4, -0.2) is 20.1 Å². The molecule has 6 heteroatoms. The zero-order chi connectivity index (χ0) is 36.9. The topological polar surface area (TPSA) is 75.3 Å². The molecule has 0 unspecified atom stereocenters. The molecule has 3 aromatic heterocycles. The molecular weight excluding hydrogens is 653 g/mol. The molecule has 0 aliphatic carbocycles. The molecule has 8 rings (SSSR count). The first-order valence-corrected chi connectivity index (χ1v) is 18.0. The molecule has 1 N–H and O–H groups in total. The van der Waals surface area contributed by atoms with Crippen molar-refractivity contribution < 1.29 is 9.52 Å². The molecule has 0 bridgehead atoms. The van der Waals surface area contributed by atoms with Crippen molar-refractivity contribution in [2.75, 3.05) is 4.90 Å². The number of fused-ring (bicyclic) bond motifs is 3. The van der Waals surface area contributed by atoms with E-state index in [0.717, 1.165) is 39.3 Å². The fraction of sp³-hybridized carbons (Fsp3) is 0.170. The van der Waals surface area contributed by atoms with E-state index in [-0.39, 0.29) is 16.6 Å². The summed E-state index contributed by atoms with van der Waals surface area (Å²) < 4.78 is 6.39. The Kier molecular flexibility index (Phi) is 8.34. The molecule has 0 atom stereocenters. The summed E-state index contributed by atoms with van der Waals surface area (Å²) in [6.07, 6.45) is 1.82. The van der Waals surface area contributed by atoms with E-state index in [1.165, 1.54) is 11.1 Å². The number of aromatic nitrogens is 3. The van der Waals surface area contributed by atoms with Gasteiger partial charge in [-0.25, -0.2) is 15.0 Å². The highest BCUT2D eigenvalue weighted by molar-refractivity contribution is 6.07. The van der Waals surface area contributed by atoms with Crippen molar-refractivity contribution in [3.63, 3.8) is 0 Å². The highest BCUT2D eigenvalue weighted by Gasteiger charge is 2.24. The number of aromatic hydroxyl groups is 1. The Bertz CT molecular complexity index is 2530. The second-order valence-electron chi connectivity index (χ2n) is 15.6. The lowest BCUT2D eigenvalue weighted by Crippen LogP contribution is -2.16. The normalized spacial score (nSPS) is 12.0. The molecule has 0 saturated carbocycles. The first-order chi connectivity index (χ1) is 25.4. The van der Waals surface area contributed by atoms with Crippen LogP contribution in [-0.2, 0) is 10.8 Å². The molecule has 262 valence electrons. The molecule has 0 spiro atoms. The molecule has 0 amide bonds. The van der Waals surface area contributed by atoms with E-state index in [0.29, 0.717) is 33.8 Å². The van der Waals surface area contributed by atoms with E-state index in [9.17, 15) is 5.11 Å². The molecule has 0 radical (unpaired) electrons. The Balaban J connectivity index is 1.46. The lowest BCUT2D eigenvalue weighted by molar-refractivity contribution is 0.477. The summed E-state index contributed by atoms with van der Waals surface area (Å²) in [5, 5.41) is 12.0. The minimum atomic E-state index is -0.0659. The Morgan fingerprint density at radius 3 is 1.92 bits per heavy atom. The van der Waals surface area contributed by atoms with E-state index in [2.05, 4.69) is 95.0 Å². The molecule has 0 fully saturated rings. The average Bonchev–Trinajstić information content (AvgIpc) is 3.53. The summed E-state index contributed by atoms with van der Waals surface area (Å²) >= 11 is 0. The number of hydrogen-bond acceptors (Lipinski definition) is 6. The number of pyridine rings is 1. The number of nitrogens with zero attached hydrogens (tertiary/aromatic N) is 4. The van der Waals surface area contributed by atoms with E-state index in [1.807, 2.05) is 79.0 Å². The zero-order valence-corrected chi connectivity index (χ0v) is 30.9. The van der Waals surface area contributed by atoms with E-state index in [1.54, 1.807) is 12.1 Å². The Morgan fingerprint density at radius 1 is 0.585 bits per heavy atom. The van der Waals surface area contributed by atoms with Crippen molar-refractivity contribution in [1.82, 2.24) is 15.0 Å². The van der Waals surface area contributed by atoms with Crippen molar-refractivity contribution >= 4 is 39.3 Å². The number of anilines is 3. The summed E-state index contributed by atoms with van der Waals surface area (Å²) in [4.78, 5) is 17.4. The molecular formula is C47H42N4O2. The molecule has 53 heavy (non-hydrogen) atoms. The SMILES string of the molecule is CC(C)(C)c1cc(-c2cc(-c3nc(-c4ccccc4O)c4oc5ccccc5c4n3)cc(N(c3ccccc3)c3ccccn3)c2)cc(C(C)(C)C)c1. The van der Waals surface area contributed by atoms with Gasteiger partial charge in [-0.2, -0.15) is 0 Å². The minimum Gasteiger partial charge on any atom is -0.507 e. The van der Waals surface area contributed by atoms with Crippen LogP contribution in [0.15, 0.2) is 144 Å². The van der Waals surface area contributed by atoms with Gasteiger partial charge in [-0.15, -0.1) is 0 Å². The van der Waals surface area contributed by atoms with Crippen LogP contribution in [0.1, 0.15) is 52.7 Å². The number of para-hydroxylation sites is 3. The van der Waals surface area contributed by atoms with Gasteiger partial charge in [-0.3, -0.25) is 4.90 Å². The number of phenolic OH excluding ortho intramolecular Hbond substituents is 1. The van der Waals surface area contributed by atoms with Gasteiger partial charge in [-0.1, -0.05) is 108 Å². The predicted molar refractivity (Wildman–Crippen MR) is 217 cm³/mol. The maximum Gasteiger partial charge on any atom is 0.180 e. The largest absolute Gasteiger partial charge is 0.507 e. The average molecular weight is 695 g/mol. The molecule has 3 heterocycles. The number of rotatable bonds is 6. The molecule has 0 aliphatic heterocycles. The van der Waals surface area contributed by atoms with Crippen LogP contribution >= 0.6 is 0 Å². The van der Waals surface area contributed by atoms with Gasteiger partial charge in [0.1, 0.15) is 28.4 Å². The smallest absolute Gasteiger partial charge is 0.180 e. The maximum absolute atomic E-state index is 11.1. The monoisotopic (exact) mass is 694 g/mol. The third kappa shape index (κ3) is 6.53. The van der Waals surface area contributed by atoms with Crippen LogP contribution in [0, 0.1) is 0 Å². The first kappa shape index (κ1) is 33.9. The van der Waals surface area contributed by atoms with Crippen LogP contribution in [0.2, 0.25) is 0 Å². The van der Waals surface area contributed by atoms with Gasteiger partial charge in [0.15, 0.2) is 11.4 Å². The molecule has 5 aromatic carbocycles. The van der Waals surface area contributed by atoms with Crippen molar-refractivity contribution in [1.29, 1.82) is 0 Å². The number of hydrogen-bond donors (Lipinski definition) is 1. The van der Waals surface area contributed by atoms with Gasteiger partial charge >= 0.3 is 0 Å². The van der Waals surface area contributed by atoms with Gasteiger partial charge in [-0.05, 0) is 99.8 Å². The highest BCUT2D eigenvalue weighted by Crippen LogP contribution is 2.43. The molecule has 0 aliphatic rings. The van der Waals surface area contributed by atoms with E-state index >= 15 is 0 Å². The third-order valence-electron chi connectivity index (χ3n) is 9.70. The third-order valence-corrected chi connectivity index (χ3v) is 9.70. The van der Waals surface area contributed by atoms with Crippen molar-refractivity contribution in [3.8, 4) is 39.5 Å². The van der Waals surface area contributed by atoms with Crippen LogP contribution in [0.5, 0.6) is 5.75 Å². The van der Waals surface area contributed by atoms with Crippen molar-refractivity contribution in [2.45, 2.75) is 52.4 Å². The number of benzene rings is 5. The Morgan fingerprint density at radius 2 is 1.23 bits per heavy atom. The number of furan rings is 1. The quantitative estimate of drug-likeness (QED) is 0.187. The van der Waals surface area contributed by atoms with Gasteiger partial charge in [0, 0.05) is 34.1 Å². The number of phenols is 1. The standard InChI is InChI=1S/C47H42N4O2/c1-46(2,3)33-25-31(26-34(29-33)47(4,5)6)30-24-32(28-36(27-30)51(35-16-8-7-9-17-35)41-22-14-15-23-48-41)45-49-42(37-18-10-12-20-39(37)52)44-43(50-45)38-19-11-13-21-40(38)53-44/h7-29,52H,1-6H3. The second-order valence-corrected chi connectivity index (χ2v) is 15.6. The fourth-order valence-corrected chi connectivity index (χ4v) is 6.75. The Labute approximate surface area is 310 Å². The van der Waals surface area contributed by atoms with Crippen LogP contribution < -0.4 is 4.90 Å². The summed E-state index contributed by atoms with van der Waals surface area (Å²) in [5.41, 5.74) is 10.2. The first-order valence-electron chi connectivity index (χ1n) is 18.0. The van der Waals surface area contributed by atoms with Crippen molar-refractivity contribution in [3.05, 3.63) is 151 Å². The van der Waals surface area contributed by atoms with Gasteiger partial charge < -0.3 is 9.52 Å². The summed E-state index contributed by atoms with van der Waals surface area (Å²) in [6.45, 7) is 13.6. The fourth-order valence-electron chi connectivity index (χ4n) is 6.75. The lowest BCUT2D eigenvalue weighted by Gasteiger charge is -2.27.